The van der Waals surface area contributed by atoms with E-state index in [1.807, 2.05) is 6.92 Å². The maximum Gasteiger partial charge on any atom is 0.223 e. The van der Waals surface area contributed by atoms with Crippen molar-refractivity contribution in [3.63, 3.8) is 0 Å². The number of ether oxygens (including phenoxy) is 1. The molecule has 0 aliphatic carbocycles. The van der Waals surface area contributed by atoms with E-state index in [0.29, 0.717) is 12.5 Å². The first-order chi connectivity index (χ1) is 5.74. The molecule has 0 amide bonds. The highest BCUT2D eigenvalue weighted by Crippen LogP contribution is 2.13. The van der Waals surface area contributed by atoms with Crippen molar-refractivity contribution >= 4 is 5.95 Å². The fourth-order valence-electron chi connectivity index (χ4n) is 0.723. The van der Waals surface area contributed by atoms with Gasteiger partial charge in [0.25, 0.3) is 0 Å². The van der Waals surface area contributed by atoms with Gasteiger partial charge in [-0.2, -0.15) is 4.98 Å². The van der Waals surface area contributed by atoms with Gasteiger partial charge in [-0.25, -0.2) is 4.98 Å². The fourth-order valence-corrected chi connectivity index (χ4v) is 0.723. The Labute approximate surface area is 71.1 Å². The molecule has 0 fully saturated rings. The fraction of sp³-hybridized carbons (Fsp3) is 0.250. The molecule has 0 aliphatic heterocycles. The zero-order valence-corrected chi connectivity index (χ0v) is 6.95. The lowest BCUT2D eigenvalue weighted by molar-refractivity contribution is 0.346. The van der Waals surface area contributed by atoms with Crippen molar-refractivity contribution in [2.24, 2.45) is 0 Å². The molecule has 0 spiro atoms. The van der Waals surface area contributed by atoms with E-state index >= 15 is 0 Å². The molecule has 4 heteroatoms. The Hall–Kier alpha value is -1.58. The van der Waals surface area contributed by atoms with E-state index in [0.717, 1.165) is 5.56 Å². The third kappa shape index (κ3) is 1.95. The van der Waals surface area contributed by atoms with Crippen LogP contribution in [0.3, 0.4) is 0 Å². The highest BCUT2D eigenvalue weighted by molar-refractivity contribution is 5.28. The minimum absolute atomic E-state index is 0.222. The van der Waals surface area contributed by atoms with E-state index in [4.69, 9.17) is 10.5 Å². The number of nitrogens with zero attached hydrogens (tertiary/aromatic N) is 2. The van der Waals surface area contributed by atoms with E-state index < -0.39 is 0 Å². The smallest absolute Gasteiger partial charge is 0.223 e. The normalized spacial score (nSPS) is 9.42. The van der Waals surface area contributed by atoms with Gasteiger partial charge in [-0.05, 0) is 6.92 Å². The van der Waals surface area contributed by atoms with Crippen molar-refractivity contribution < 1.29 is 4.74 Å². The molecule has 64 valence electrons. The number of nitrogens with two attached hydrogens (primary N) is 1. The summed E-state index contributed by atoms with van der Waals surface area (Å²) in [6.07, 6.45) is 3.28. The first-order valence-electron chi connectivity index (χ1n) is 3.57. The Bertz CT molecular complexity index is 286. The summed E-state index contributed by atoms with van der Waals surface area (Å²) in [4.78, 5) is 7.72. The van der Waals surface area contributed by atoms with Crippen LogP contribution >= 0.6 is 0 Å². The molecule has 1 heterocycles. The van der Waals surface area contributed by atoms with Crippen LogP contribution in [-0.2, 0) is 0 Å². The number of hydrogen-bond donors (Lipinski definition) is 1. The van der Waals surface area contributed by atoms with Crippen molar-refractivity contribution in [1.29, 1.82) is 0 Å². The third-order valence-electron chi connectivity index (χ3n) is 1.28. The van der Waals surface area contributed by atoms with Crippen LogP contribution in [0.4, 0.5) is 5.95 Å². The molecule has 2 N–H and O–H groups in total. The van der Waals surface area contributed by atoms with Gasteiger partial charge in [0.1, 0.15) is 6.61 Å². The molecular formula is C8H11N3O. The first kappa shape index (κ1) is 8.52. The largest absolute Gasteiger partial charge is 0.473 e. The molecule has 0 aliphatic rings. The van der Waals surface area contributed by atoms with E-state index in [1.54, 1.807) is 12.3 Å². The molecule has 0 saturated heterocycles. The lowest BCUT2D eigenvalue weighted by atomic mass is 10.4. The van der Waals surface area contributed by atoms with Gasteiger partial charge in [-0.15, -0.1) is 0 Å². The summed E-state index contributed by atoms with van der Waals surface area (Å²) in [5.41, 5.74) is 6.24. The van der Waals surface area contributed by atoms with Crippen LogP contribution in [0.25, 0.3) is 0 Å². The second-order valence-electron chi connectivity index (χ2n) is 2.32. The molecule has 1 aromatic heterocycles. The van der Waals surface area contributed by atoms with E-state index in [1.165, 1.54) is 0 Å². The molecule has 0 radical (unpaired) electrons. The Morgan fingerprint density at radius 3 is 3.17 bits per heavy atom. The monoisotopic (exact) mass is 165 g/mol. The molecular weight excluding hydrogens is 154 g/mol. The van der Waals surface area contributed by atoms with Crippen molar-refractivity contribution in [3.05, 3.63) is 24.4 Å². The van der Waals surface area contributed by atoms with Crippen molar-refractivity contribution in [2.75, 3.05) is 12.3 Å². The Kier molecular flexibility index (Phi) is 2.63. The quantitative estimate of drug-likeness (QED) is 0.677. The van der Waals surface area contributed by atoms with E-state index in [-0.39, 0.29) is 5.95 Å². The van der Waals surface area contributed by atoms with Crippen LogP contribution in [0, 0.1) is 6.92 Å². The Balaban J connectivity index is 2.82. The van der Waals surface area contributed by atoms with Crippen molar-refractivity contribution in [1.82, 2.24) is 9.97 Å². The van der Waals surface area contributed by atoms with Crippen molar-refractivity contribution in [2.45, 2.75) is 6.92 Å². The van der Waals surface area contributed by atoms with Crippen LogP contribution in [0.15, 0.2) is 18.9 Å². The molecule has 0 bridgehead atoms. The van der Waals surface area contributed by atoms with Gasteiger partial charge in [0.15, 0.2) is 0 Å². The summed E-state index contributed by atoms with van der Waals surface area (Å²) < 4.78 is 5.22. The van der Waals surface area contributed by atoms with Gasteiger partial charge < -0.3 is 10.5 Å². The number of nitrogen functional groups attached to an aromatic ring is 1. The zero-order chi connectivity index (χ0) is 8.97. The SMILES string of the molecule is C=CCOc1nc(N)ncc1C. The van der Waals surface area contributed by atoms with Crippen LogP contribution in [0.2, 0.25) is 0 Å². The van der Waals surface area contributed by atoms with Crippen molar-refractivity contribution in [3.8, 4) is 5.88 Å². The number of hydrogen-bond acceptors (Lipinski definition) is 4. The van der Waals surface area contributed by atoms with Crippen LogP contribution < -0.4 is 10.5 Å². The summed E-state index contributed by atoms with van der Waals surface area (Å²) in [5.74, 6) is 0.738. The number of aromatic nitrogens is 2. The van der Waals surface area contributed by atoms with E-state index in [9.17, 15) is 0 Å². The van der Waals surface area contributed by atoms with Gasteiger partial charge in [0.05, 0.1) is 0 Å². The molecule has 0 unspecified atom stereocenters. The van der Waals surface area contributed by atoms with Gasteiger partial charge in [0.2, 0.25) is 11.8 Å². The van der Waals surface area contributed by atoms with Gasteiger partial charge in [-0.3, -0.25) is 0 Å². The van der Waals surface area contributed by atoms with E-state index in [2.05, 4.69) is 16.5 Å². The molecule has 0 aromatic carbocycles. The zero-order valence-electron chi connectivity index (χ0n) is 6.95. The summed E-state index contributed by atoms with van der Waals surface area (Å²) in [7, 11) is 0. The van der Waals surface area contributed by atoms with Crippen LogP contribution in [0.1, 0.15) is 5.56 Å². The summed E-state index contributed by atoms with van der Waals surface area (Å²) in [6, 6.07) is 0. The minimum atomic E-state index is 0.222. The van der Waals surface area contributed by atoms with Crippen LogP contribution in [-0.4, -0.2) is 16.6 Å². The predicted octanol–water partition coefficient (Wildman–Crippen LogP) is 0.932. The molecule has 0 atom stereocenters. The second kappa shape index (κ2) is 3.71. The average Bonchev–Trinajstić information content (AvgIpc) is 2.07. The van der Waals surface area contributed by atoms with Crippen LogP contribution in [0.5, 0.6) is 5.88 Å². The summed E-state index contributed by atoms with van der Waals surface area (Å²) in [6.45, 7) is 5.82. The summed E-state index contributed by atoms with van der Waals surface area (Å²) in [5, 5.41) is 0. The van der Waals surface area contributed by atoms with Gasteiger partial charge in [0, 0.05) is 11.8 Å². The molecule has 4 nitrogen and oxygen atoms in total. The molecule has 1 aromatic rings. The molecule has 0 saturated carbocycles. The number of aryl methyl sites for hydroxylation is 1. The molecule has 1 rings (SSSR count). The minimum Gasteiger partial charge on any atom is -0.473 e. The number of anilines is 1. The lowest BCUT2D eigenvalue weighted by Gasteiger charge is -2.04. The highest BCUT2D eigenvalue weighted by atomic mass is 16.5. The predicted molar refractivity (Wildman–Crippen MR) is 46.9 cm³/mol. The maximum absolute atomic E-state index is 5.37. The third-order valence-corrected chi connectivity index (χ3v) is 1.28. The summed E-state index contributed by atoms with van der Waals surface area (Å²) >= 11 is 0. The topological polar surface area (TPSA) is 61.0 Å². The lowest BCUT2D eigenvalue weighted by Crippen LogP contribution is -2.02. The number of rotatable bonds is 3. The Morgan fingerprint density at radius 1 is 1.75 bits per heavy atom. The highest BCUT2D eigenvalue weighted by Gasteiger charge is 2.00. The first-order valence-corrected chi connectivity index (χ1v) is 3.57. The van der Waals surface area contributed by atoms with Gasteiger partial charge >= 0.3 is 0 Å². The maximum atomic E-state index is 5.37. The molecule has 12 heavy (non-hydrogen) atoms. The standard InChI is InChI=1S/C8H11N3O/c1-3-4-12-7-6(2)5-10-8(9)11-7/h3,5H,1,4H2,2H3,(H2,9,10,11). The average molecular weight is 165 g/mol. The van der Waals surface area contributed by atoms with Gasteiger partial charge in [-0.1, -0.05) is 12.7 Å². The second-order valence-corrected chi connectivity index (χ2v) is 2.32. The Morgan fingerprint density at radius 2 is 2.50 bits per heavy atom.